The Morgan fingerprint density at radius 2 is 1.71 bits per heavy atom. The molecule has 0 aliphatic heterocycles. The third-order valence-electron chi connectivity index (χ3n) is 4.92. The summed E-state index contributed by atoms with van der Waals surface area (Å²) in [5.41, 5.74) is 7.17. The zero-order chi connectivity index (χ0) is 20.3. The molecule has 0 radical (unpaired) electrons. The van der Waals surface area contributed by atoms with E-state index in [1.165, 1.54) is 11.1 Å². The van der Waals surface area contributed by atoms with E-state index in [0.717, 1.165) is 22.6 Å². The second kappa shape index (κ2) is 7.98. The number of aromatic nitrogens is 1. The second-order valence-electron chi connectivity index (χ2n) is 6.92. The fourth-order valence-corrected chi connectivity index (χ4v) is 3.22. The van der Waals surface area contributed by atoms with Gasteiger partial charge in [0, 0.05) is 22.8 Å². The highest BCUT2D eigenvalue weighted by Gasteiger charge is 2.14. The van der Waals surface area contributed by atoms with E-state index in [4.69, 9.17) is 0 Å². The van der Waals surface area contributed by atoms with Crippen LogP contribution in [0.3, 0.4) is 0 Å². The molecule has 140 valence electrons. The summed E-state index contributed by atoms with van der Waals surface area (Å²) in [6.07, 6.45) is 1.65. The number of para-hydroxylation sites is 1. The fourth-order valence-electron chi connectivity index (χ4n) is 3.22. The fraction of sp³-hybridized carbons (Fsp3) is 0.167. The maximum atomic E-state index is 12.5. The summed E-state index contributed by atoms with van der Waals surface area (Å²) in [6, 6.07) is 19.5. The molecule has 3 aromatic rings. The highest BCUT2D eigenvalue weighted by atomic mass is 16.1. The summed E-state index contributed by atoms with van der Waals surface area (Å²) in [7, 11) is 0. The van der Waals surface area contributed by atoms with Crippen LogP contribution in [-0.4, -0.2) is 10.5 Å². The average Bonchev–Trinajstić information content (AvgIpc) is 2.96. The summed E-state index contributed by atoms with van der Waals surface area (Å²) < 4.78 is 2.14. The Labute approximate surface area is 165 Å². The maximum absolute atomic E-state index is 12.5. The van der Waals surface area contributed by atoms with E-state index < -0.39 is 5.91 Å². The molecule has 3 rings (SSSR count). The minimum Gasteiger partial charge on any atom is -0.321 e. The summed E-state index contributed by atoms with van der Waals surface area (Å²) in [6.45, 7) is 8.20. The number of aryl methyl sites for hydroxylation is 3. The van der Waals surface area contributed by atoms with Crippen molar-refractivity contribution in [2.45, 2.75) is 27.7 Å². The molecule has 0 aliphatic carbocycles. The molecule has 0 fully saturated rings. The van der Waals surface area contributed by atoms with E-state index in [-0.39, 0.29) is 5.57 Å². The van der Waals surface area contributed by atoms with Gasteiger partial charge in [0.25, 0.3) is 5.91 Å². The minimum absolute atomic E-state index is 0.0733. The number of nitriles is 1. The molecule has 28 heavy (non-hydrogen) atoms. The Kier molecular flexibility index (Phi) is 5.47. The van der Waals surface area contributed by atoms with Gasteiger partial charge in [-0.05, 0) is 80.8 Å². The van der Waals surface area contributed by atoms with E-state index in [0.29, 0.717) is 5.69 Å². The third-order valence-corrected chi connectivity index (χ3v) is 4.92. The van der Waals surface area contributed by atoms with E-state index in [1.54, 1.807) is 18.2 Å². The number of benzene rings is 2. The van der Waals surface area contributed by atoms with Crippen LogP contribution in [0.5, 0.6) is 0 Å². The first-order valence-electron chi connectivity index (χ1n) is 9.15. The van der Waals surface area contributed by atoms with Crippen LogP contribution >= 0.6 is 0 Å². The van der Waals surface area contributed by atoms with Gasteiger partial charge < -0.3 is 9.88 Å². The minimum atomic E-state index is -0.412. The van der Waals surface area contributed by atoms with Gasteiger partial charge in [-0.25, -0.2) is 0 Å². The SMILES string of the molecule is Cc1ccc(-n2c(C)cc(C=C(C#N)C(=O)Nc3ccccc3)c2C)cc1C. The van der Waals surface area contributed by atoms with Crippen LogP contribution in [-0.2, 0) is 4.79 Å². The number of rotatable bonds is 4. The number of carbonyl (C=O) groups is 1. The standard InChI is InChI=1S/C24H23N3O/c1-16-10-11-23(12-17(16)2)27-18(3)13-20(19(27)4)14-21(15-25)24(28)26-22-8-6-5-7-9-22/h5-14H,1-4H3,(H,26,28). The first kappa shape index (κ1) is 19.2. The lowest BCUT2D eigenvalue weighted by Gasteiger charge is -2.12. The van der Waals surface area contributed by atoms with E-state index in [2.05, 4.69) is 41.9 Å². The molecule has 1 heterocycles. The van der Waals surface area contributed by atoms with Crippen LogP contribution in [0.25, 0.3) is 11.8 Å². The molecule has 0 saturated carbocycles. The Hall–Kier alpha value is -3.58. The van der Waals surface area contributed by atoms with Crippen molar-refractivity contribution >= 4 is 17.7 Å². The Bertz CT molecular complexity index is 1100. The highest BCUT2D eigenvalue weighted by molar-refractivity contribution is 6.09. The van der Waals surface area contributed by atoms with Crippen LogP contribution in [0.4, 0.5) is 5.69 Å². The number of nitrogens with zero attached hydrogens (tertiary/aromatic N) is 2. The molecule has 1 aromatic heterocycles. The lowest BCUT2D eigenvalue weighted by Crippen LogP contribution is -2.13. The highest BCUT2D eigenvalue weighted by Crippen LogP contribution is 2.24. The molecule has 0 aliphatic rings. The number of hydrogen-bond donors (Lipinski definition) is 1. The van der Waals surface area contributed by atoms with Crippen LogP contribution in [0.2, 0.25) is 0 Å². The summed E-state index contributed by atoms with van der Waals surface area (Å²) in [4.78, 5) is 12.5. The normalized spacial score (nSPS) is 11.2. The largest absolute Gasteiger partial charge is 0.321 e. The molecule has 1 N–H and O–H groups in total. The van der Waals surface area contributed by atoms with E-state index >= 15 is 0 Å². The van der Waals surface area contributed by atoms with Gasteiger partial charge in [-0.2, -0.15) is 5.26 Å². The summed E-state index contributed by atoms with van der Waals surface area (Å²) in [5.74, 6) is -0.412. The van der Waals surface area contributed by atoms with Crippen molar-refractivity contribution in [2.24, 2.45) is 0 Å². The first-order valence-corrected chi connectivity index (χ1v) is 9.15. The second-order valence-corrected chi connectivity index (χ2v) is 6.92. The molecule has 2 aromatic carbocycles. The van der Waals surface area contributed by atoms with Crippen LogP contribution in [0.1, 0.15) is 28.1 Å². The first-order chi connectivity index (χ1) is 13.4. The number of amides is 1. The Balaban J connectivity index is 1.96. The zero-order valence-electron chi connectivity index (χ0n) is 16.6. The number of anilines is 1. The van der Waals surface area contributed by atoms with E-state index in [1.807, 2.05) is 44.2 Å². The van der Waals surface area contributed by atoms with Crippen molar-refractivity contribution < 1.29 is 4.79 Å². The smallest absolute Gasteiger partial charge is 0.266 e. The van der Waals surface area contributed by atoms with Crippen molar-refractivity contribution in [2.75, 3.05) is 5.32 Å². The average molecular weight is 369 g/mol. The van der Waals surface area contributed by atoms with Gasteiger partial charge in [0.2, 0.25) is 0 Å². The van der Waals surface area contributed by atoms with Crippen molar-refractivity contribution in [1.29, 1.82) is 5.26 Å². The molecular formula is C24H23N3O. The molecule has 0 unspecified atom stereocenters. The summed E-state index contributed by atoms with van der Waals surface area (Å²) in [5, 5.41) is 12.3. The lowest BCUT2D eigenvalue weighted by atomic mass is 10.1. The van der Waals surface area contributed by atoms with Crippen LogP contribution in [0, 0.1) is 39.0 Å². The van der Waals surface area contributed by atoms with Crippen LogP contribution < -0.4 is 5.32 Å². The predicted octanol–water partition coefficient (Wildman–Crippen LogP) is 5.26. The van der Waals surface area contributed by atoms with Gasteiger partial charge in [0.15, 0.2) is 0 Å². The third kappa shape index (κ3) is 3.89. The van der Waals surface area contributed by atoms with Gasteiger partial charge in [0.1, 0.15) is 11.6 Å². The molecular weight excluding hydrogens is 346 g/mol. The van der Waals surface area contributed by atoms with Gasteiger partial charge >= 0.3 is 0 Å². The molecule has 0 atom stereocenters. The predicted molar refractivity (Wildman–Crippen MR) is 113 cm³/mol. The van der Waals surface area contributed by atoms with Gasteiger partial charge in [-0.15, -0.1) is 0 Å². The molecule has 0 saturated heterocycles. The molecule has 4 heteroatoms. The van der Waals surface area contributed by atoms with E-state index in [9.17, 15) is 10.1 Å². The monoisotopic (exact) mass is 369 g/mol. The van der Waals surface area contributed by atoms with Gasteiger partial charge in [-0.3, -0.25) is 4.79 Å². The zero-order valence-corrected chi connectivity index (χ0v) is 16.6. The molecule has 1 amide bonds. The van der Waals surface area contributed by atoms with Crippen molar-refractivity contribution in [1.82, 2.24) is 4.57 Å². The number of nitrogens with one attached hydrogen (secondary N) is 1. The molecule has 4 nitrogen and oxygen atoms in total. The topological polar surface area (TPSA) is 57.8 Å². The van der Waals surface area contributed by atoms with Crippen molar-refractivity contribution in [3.63, 3.8) is 0 Å². The molecule has 0 spiro atoms. The van der Waals surface area contributed by atoms with Crippen molar-refractivity contribution in [3.8, 4) is 11.8 Å². The van der Waals surface area contributed by atoms with Crippen LogP contribution in [0.15, 0.2) is 60.2 Å². The Morgan fingerprint density at radius 1 is 1.00 bits per heavy atom. The summed E-state index contributed by atoms with van der Waals surface area (Å²) >= 11 is 0. The quantitative estimate of drug-likeness (QED) is 0.504. The number of hydrogen-bond acceptors (Lipinski definition) is 2. The maximum Gasteiger partial charge on any atom is 0.266 e. The van der Waals surface area contributed by atoms with Gasteiger partial charge in [0.05, 0.1) is 0 Å². The Morgan fingerprint density at radius 3 is 2.36 bits per heavy atom. The van der Waals surface area contributed by atoms with Crippen molar-refractivity contribution in [3.05, 3.63) is 88.2 Å². The lowest BCUT2D eigenvalue weighted by molar-refractivity contribution is -0.112. The van der Waals surface area contributed by atoms with Gasteiger partial charge in [-0.1, -0.05) is 24.3 Å². The number of carbonyl (C=O) groups excluding carboxylic acids is 1. The molecule has 0 bridgehead atoms.